The minimum Gasteiger partial charge on any atom is -0.444 e. The summed E-state index contributed by atoms with van der Waals surface area (Å²) >= 11 is 0. The van der Waals surface area contributed by atoms with Gasteiger partial charge in [-0.25, -0.2) is 14.8 Å². The minimum absolute atomic E-state index is 0.204. The zero-order valence-electron chi connectivity index (χ0n) is 14.4. The van der Waals surface area contributed by atoms with E-state index in [0.717, 1.165) is 6.20 Å². The Kier molecular flexibility index (Phi) is 6.39. The topological polar surface area (TPSA) is 67.3 Å². The highest BCUT2D eigenvalue weighted by atomic mass is 19.4. The average Bonchev–Trinajstić information content (AvgIpc) is 2.43. The van der Waals surface area contributed by atoms with Crippen molar-refractivity contribution in [1.82, 2.24) is 14.9 Å². The molecule has 0 spiro atoms. The van der Waals surface area contributed by atoms with Crippen LogP contribution < -0.4 is 5.32 Å². The van der Waals surface area contributed by atoms with Crippen molar-refractivity contribution in [1.29, 1.82) is 0 Å². The minimum atomic E-state index is -4.52. The maximum Gasteiger partial charge on any atom is 0.434 e. The maximum atomic E-state index is 12.4. The number of nitrogens with zero attached hydrogens (tertiary/aromatic N) is 3. The van der Waals surface area contributed by atoms with Gasteiger partial charge >= 0.3 is 12.3 Å². The van der Waals surface area contributed by atoms with Crippen LogP contribution in [-0.4, -0.2) is 45.7 Å². The van der Waals surface area contributed by atoms with Crippen LogP contribution in [0.5, 0.6) is 0 Å². The molecule has 1 N–H and O–H groups in total. The first-order valence-corrected chi connectivity index (χ1v) is 7.56. The quantitative estimate of drug-likeness (QED) is 0.881. The van der Waals surface area contributed by atoms with Crippen molar-refractivity contribution in [3.8, 4) is 0 Å². The number of halogens is 3. The number of aromatic nitrogens is 2. The van der Waals surface area contributed by atoms with Gasteiger partial charge in [0, 0.05) is 19.1 Å². The number of anilines is 1. The Balaban J connectivity index is 2.63. The van der Waals surface area contributed by atoms with E-state index in [-0.39, 0.29) is 11.9 Å². The summed E-state index contributed by atoms with van der Waals surface area (Å²) in [7, 11) is 0. The summed E-state index contributed by atoms with van der Waals surface area (Å²) in [6.07, 6.45) is -3.29. The Labute approximate surface area is 139 Å². The SMILES string of the molecule is CCN(C(=O)OC(C)(C)C)C(C)CNc1cnc(C(F)(F)F)cn1. The number of nitrogens with one attached hydrogen (secondary N) is 1. The number of likely N-dealkylation sites (N-methyl/N-ethyl adjacent to an activating group) is 1. The Morgan fingerprint density at radius 3 is 2.33 bits per heavy atom. The second-order valence-electron chi connectivity index (χ2n) is 6.28. The van der Waals surface area contributed by atoms with E-state index in [1.165, 1.54) is 4.90 Å². The fourth-order valence-corrected chi connectivity index (χ4v) is 1.87. The second-order valence-corrected chi connectivity index (χ2v) is 6.28. The lowest BCUT2D eigenvalue weighted by atomic mass is 10.2. The molecule has 0 aromatic carbocycles. The summed E-state index contributed by atoms with van der Waals surface area (Å²) in [5.41, 5.74) is -1.65. The second kappa shape index (κ2) is 7.67. The standard InChI is InChI=1S/C15H23F3N4O2/c1-6-22(13(23)24-14(3,4)5)10(2)7-20-12-9-19-11(8-21-12)15(16,17)18/h8-10H,6-7H2,1-5H3,(H,20,21). The van der Waals surface area contributed by atoms with E-state index in [1.54, 1.807) is 27.7 Å². The molecule has 9 heteroatoms. The molecule has 0 saturated carbocycles. The van der Waals surface area contributed by atoms with Crippen LogP contribution in [-0.2, 0) is 10.9 Å². The van der Waals surface area contributed by atoms with Gasteiger partial charge in [0.1, 0.15) is 11.4 Å². The molecule has 1 heterocycles. The van der Waals surface area contributed by atoms with Crippen molar-refractivity contribution >= 4 is 11.9 Å². The fraction of sp³-hybridized carbons (Fsp3) is 0.667. The molecule has 0 saturated heterocycles. The van der Waals surface area contributed by atoms with E-state index in [0.29, 0.717) is 19.3 Å². The number of rotatable bonds is 5. The van der Waals surface area contributed by atoms with Gasteiger partial charge in [0.05, 0.1) is 12.4 Å². The van der Waals surface area contributed by atoms with Crippen molar-refractivity contribution < 1.29 is 22.7 Å². The molecule has 0 aliphatic rings. The molecular formula is C15H23F3N4O2. The number of hydrogen-bond acceptors (Lipinski definition) is 5. The summed E-state index contributed by atoms with van der Waals surface area (Å²) in [6.45, 7) is 9.69. The van der Waals surface area contributed by atoms with Gasteiger partial charge in [-0.05, 0) is 34.6 Å². The number of alkyl halides is 3. The monoisotopic (exact) mass is 348 g/mol. The molecule has 1 unspecified atom stereocenters. The summed E-state index contributed by atoms with van der Waals surface area (Å²) < 4.78 is 42.6. The highest BCUT2D eigenvalue weighted by Crippen LogP contribution is 2.26. The van der Waals surface area contributed by atoms with Crippen LogP contribution in [0.2, 0.25) is 0 Å². The van der Waals surface area contributed by atoms with Crippen LogP contribution >= 0.6 is 0 Å². The van der Waals surface area contributed by atoms with Crippen molar-refractivity contribution in [2.75, 3.05) is 18.4 Å². The van der Waals surface area contributed by atoms with Gasteiger partial charge in [-0.15, -0.1) is 0 Å². The molecule has 1 amide bonds. The first kappa shape index (κ1) is 20.0. The fourth-order valence-electron chi connectivity index (χ4n) is 1.87. The average molecular weight is 348 g/mol. The number of carbonyl (C=O) groups excluding carboxylic acids is 1. The summed E-state index contributed by atoms with van der Waals surface area (Å²) in [5, 5.41) is 2.87. The van der Waals surface area contributed by atoms with Gasteiger partial charge in [0.2, 0.25) is 0 Å². The van der Waals surface area contributed by atoms with E-state index < -0.39 is 23.6 Å². The highest BCUT2D eigenvalue weighted by Gasteiger charge is 2.32. The van der Waals surface area contributed by atoms with Crippen LogP contribution in [0, 0.1) is 0 Å². The molecular weight excluding hydrogens is 325 g/mol. The van der Waals surface area contributed by atoms with Crippen molar-refractivity contribution in [3.05, 3.63) is 18.1 Å². The lowest BCUT2D eigenvalue weighted by Gasteiger charge is -2.31. The van der Waals surface area contributed by atoms with Crippen LogP contribution in [0.3, 0.4) is 0 Å². The molecule has 0 aliphatic carbocycles. The molecule has 1 atom stereocenters. The van der Waals surface area contributed by atoms with Crippen LogP contribution in [0.1, 0.15) is 40.3 Å². The third-order valence-electron chi connectivity index (χ3n) is 3.02. The molecule has 6 nitrogen and oxygen atoms in total. The smallest absolute Gasteiger partial charge is 0.434 e. The molecule has 1 aromatic heterocycles. The molecule has 0 radical (unpaired) electrons. The van der Waals surface area contributed by atoms with Gasteiger partial charge in [0.25, 0.3) is 0 Å². The maximum absolute atomic E-state index is 12.4. The highest BCUT2D eigenvalue weighted by molar-refractivity contribution is 5.68. The van der Waals surface area contributed by atoms with Crippen molar-refractivity contribution in [2.45, 2.75) is 52.4 Å². The summed E-state index contributed by atoms with van der Waals surface area (Å²) in [5.74, 6) is 0.204. The number of carbonyl (C=O) groups is 1. The molecule has 0 fully saturated rings. The first-order chi connectivity index (χ1) is 10.9. The van der Waals surface area contributed by atoms with Crippen molar-refractivity contribution in [2.24, 2.45) is 0 Å². The van der Waals surface area contributed by atoms with Crippen LogP contribution in [0.15, 0.2) is 12.4 Å². The summed E-state index contributed by atoms with van der Waals surface area (Å²) in [6, 6.07) is -0.242. The zero-order valence-corrected chi connectivity index (χ0v) is 14.4. The normalized spacial score (nSPS) is 13.3. The van der Waals surface area contributed by atoms with Crippen molar-refractivity contribution in [3.63, 3.8) is 0 Å². The number of hydrogen-bond donors (Lipinski definition) is 1. The lowest BCUT2D eigenvalue weighted by molar-refractivity contribution is -0.141. The van der Waals surface area contributed by atoms with Crippen LogP contribution in [0.4, 0.5) is 23.8 Å². The third-order valence-corrected chi connectivity index (χ3v) is 3.02. The molecule has 1 rings (SSSR count). The van der Waals surface area contributed by atoms with Gasteiger partial charge in [-0.1, -0.05) is 0 Å². The first-order valence-electron chi connectivity index (χ1n) is 7.56. The predicted octanol–water partition coefficient (Wildman–Crippen LogP) is 3.55. The Morgan fingerprint density at radius 1 is 1.29 bits per heavy atom. The molecule has 0 aliphatic heterocycles. The van der Waals surface area contributed by atoms with E-state index in [9.17, 15) is 18.0 Å². The van der Waals surface area contributed by atoms with E-state index in [4.69, 9.17) is 4.74 Å². The molecule has 1 aromatic rings. The van der Waals surface area contributed by atoms with Gasteiger partial charge in [-0.2, -0.15) is 13.2 Å². The number of ether oxygens (including phenoxy) is 1. The molecule has 24 heavy (non-hydrogen) atoms. The van der Waals surface area contributed by atoms with E-state index in [1.807, 2.05) is 6.92 Å². The third kappa shape index (κ3) is 6.21. The molecule has 136 valence electrons. The van der Waals surface area contributed by atoms with Gasteiger partial charge in [-0.3, -0.25) is 0 Å². The Bertz CT molecular complexity index is 541. The predicted molar refractivity (Wildman–Crippen MR) is 83.6 cm³/mol. The molecule has 0 bridgehead atoms. The van der Waals surface area contributed by atoms with Crippen LogP contribution in [0.25, 0.3) is 0 Å². The summed E-state index contributed by atoms with van der Waals surface area (Å²) in [4.78, 5) is 20.6. The van der Waals surface area contributed by atoms with E-state index in [2.05, 4.69) is 15.3 Å². The Hall–Kier alpha value is -2.06. The zero-order chi connectivity index (χ0) is 18.5. The van der Waals surface area contributed by atoms with E-state index >= 15 is 0 Å². The Morgan fingerprint density at radius 2 is 1.92 bits per heavy atom. The largest absolute Gasteiger partial charge is 0.444 e. The van der Waals surface area contributed by atoms with Gasteiger partial charge < -0.3 is 15.0 Å². The number of amides is 1. The lowest BCUT2D eigenvalue weighted by Crippen LogP contribution is -2.44. The van der Waals surface area contributed by atoms with Gasteiger partial charge in [0.15, 0.2) is 5.69 Å².